The minimum absolute atomic E-state index is 0.0815. The Kier molecular flexibility index (Phi) is 3.63. The Morgan fingerprint density at radius 2 is 2.00 bits per heavy atom. The maximum Gasteiger partial charge on any atom is 0.111 e. The van der Waals surface area contributed by atoms with Gasteiger partial charge in [-0.1, -0.05) is 20.8 Å². The lowest BCUT2D eigenvalue weighted by Gasteiger charge is -2.27. The molecule has 19 heavy (non-hydrogen) atoms. The largest absolute Gasteiger partial charge is 0.327 e. The van der Waals surface area contributed by atoms with E-state index in [9.17, 15) is 0 Å². The number of pyridine rings is 1. The van der Waals surface area contributed by atoms with Crippen LogP contribution in [0.3, 0.4) is 0 Å². The van der Waals surface area contributed by atoms with E-state index in [2.05, 4.69) is 44.2 Å². The highest BCUT2D eigenvalue weighted by Gasteiger charge is 2.24. The molecule has 0 spiro atoms. The minimum atomic E-state index is 0.0815. The third-order valence-corrected chi connectivity index (χ3v) is 3.60. The van der Waals surface area contributed by atoms with Crippen LogP contribution in [0, 0.1) is 5.41 Å². The molecule has 1 atom stereocenters. The maximum atomic E-state index is 6.30. The van der Waals surface area contributed by atoms with Crippen LogP contribution in [0.5, 0.6) is 0 Å². The van der Waals surface area contributed by atoms with E-state index >= 15 is 0 Å². The lowest BCUT2D eigenvalue weighted by molar-refractivity contribution is 0.311. The van der Waals surface area contributed by atoms with E-state index in [0.29, 0.717) is 6.04 Å². The third kappa shape index (κ3) is 2.78. The van der Waals surface area contributed by atoms with Gasteiger partial charge < -0.3 is 10.3 Å². The summed E-state index contributed by atoms with van der Waals surface area (Å²) in [6.45, 7) is 10.9. The van der Waals surface area contributed by atoms with E-state index in [0.717, 1.165) is 23.3 Å². The molecular weight excluding hydrogens is 236 g/mol. The Bertz CT molecular complexity index is 563. The fraction of sp³-hybridized carbons (Fsp3) is 0.600. The monoisotopic (exact) mass is 260 g/mol. The number of nitrogens with zero attached hydrogens (tertiary/aromatic N) is 3. The summed E-state index contributed by atoms with van der Waals surface area (Å²) in [5.41, 5.74) is 8.48. The second-order valence-corrected chi connectivity index (χ2v) is 6.53. The molecule has 2 heterocycles. The maximum absolute atomic E-state index is 6.30. The van der Waals surface area contributed by atoms with Crippen LogP contribution in [0.25, 0.3) is 11.0 Å². The molecule has 0 saturated carbocycles. The van der Waals surface area contributed by atoms with E-state index in [4.69, 9.17) is 10.7 Å². The zero-order chi connectivity index (χ0) is 14.2. The number of nitrogens with two attached hydrogens (primary N) is 1. The van der Waals surface area contributed by atoms with E-state index in [1.54, 1.807) is 0 Å². The molecule has 0 aliphatic carbocycles. The van der Waals surface area contributed by atoms with Gasteiger partial charge in [-0.3, -0.25) is 4.98 Å². The van der Waals surface area contributed by atoms with Crippen LogP contribution in [0.15, 0.2) is 18.5 Å². The zero-order valence-electron chi connectivity index (χ0n) is 12.5. The van der Waals surface area contributed by atoms with Gasteiger partial charge in [0.05, 0.1) is 11.7 Å². The lowest BCUT2D eigenvalue weighted by Crippen LogP contribution is -2.37. The number of hydrogen-bond donors (Lipinski definition) is 1. The van der Waals surface area contributed by atoms with Gasteiger partial charge in [-0.15, -0.1) is 0 Å². The van der Waals surface area contributed by atoms with Crippen LogP contribution in [-0.4, -0.2) is 20.6 Å². The van der Waals surface area contributed by atoms with Gasteiger partial charge in [-0.2, -0.15) is 0 Å². The third-order valence-electron chi connectivity index (χ3n) is 3.60. The number of imidazole rings is 1. The Labute approximate surface area is 115 Å². The van der Waals surface area contributed by atoms with Crippen LogP contribution in [-0.2, 0) is 6.42 Å². The van der Waals surface area contributed by atoms with Crippen LogP contribution in [0.1, 0.15) is 46.5 Å². The van der Waals surface area contributed by atoms with E-state index in [1.807, 2.05) is 18.5 Å². The van der Waals surface area contributed by atoms with Gasteiger partial charge in [0.2, 0.25) is 0 Å². The Hall–Kier alpha value is -1.42. The minimum Gasteiger partial charge on any atom is -0.327 e. The summed E-state index contributed by atoms with van der Waals surface area (Å²) in [7, 11) is 0. The fourth-order valence-corrected chi connectivity index (χ4v) is 2.22. The van der Waals surface area contributed by atoms with Gasteiger partial charge in [0, 0.05) is 24.7 Å². The number of hydrogen-bond acceptors (Lipinski definition) is 3. The quantitative estimate of drug-likeness (QED) is 0.923. The summed E-state index contributed by atoms with van der Waals surface area (Å²) < 4.78 is 2.27. The Morgan fingerprint density at radius 3 is 2.58 bits per heavy atom. The molecule has 4 nitrogen and oxygen atoms in total. The first-order valence-corrected chi connectivity index (χ1v) is 6.87. The predicted molar refractivity (Wildman–Crippen MR) is 79.0 cm³/mol. The molecule has 2 rings (SSSR count). The summed E-state index contributed by atoms with van der Waals surface area (Å²) in [4.78, 5) is 8.86. The summed E-state index contributed by atoms with van der Waals surface area (Å²) in [6.07, 6.45) is 4.42. The number of rotatable bonds is 3. The summed E-state index contributed by atoms with van der Waals surface area (Å²) >= 11 is 0. The van der Waals surface area contributed by atoms with Gasteiger partial charge in [0.25, 0.3) is 0 Å². The second kappa shape index (κ2) is 4.93. The molecule has 0 saturated heterocycles. The van der Waals surface area contributed by atoms with Crippen molar-refractivity contribution in [3.63, 3.8) is 0 Å². The summed E-state index contributed by atoms with van der Waals surface area (Å²) in [6, 6.07) is 2.48. The van der Waals surface area contributed by atoms with Crippen molar-refractivity contribution in [3.8, 4) is 0 Å². The molecule has 2 aromatic heterocycles. The second-order valence-electron chi connectivity index (χ2n) is 6.53. The highest BCUT2D eigenvalue weighted by Crippen LogP contribution is 2.25. The average molecular weight is 260 g/mol. The molecule has 0 fully saturated rings. The van der Waals surface area contributed by atoms with Gasteiger partial charge in [-0.25, -0.2) is 4.98 Å². The highest BCUT2D eigenvalue weighted by atomic mass is 15.1. The normalized spacial score (nSPS) is 14.3. The van der Waals surface area contributed by atoms with E-state index in [-0.39, 0.29) is 11.5 Å². The predicted octanol–water partition coefficient (Wildman–Crippen LogP) is 2.93. The van der Waals surface area contributed by atoms with Crippen molar-refractivity contribution in [1.29, 1.82) is 0 Å². The lowest BCUT2D eigenvalue weighted by atomic mass is 9.85. The van der Waals surface area contributed by atoms with E-state index in [1.165, 1.54) is 0 Å². The van der Waals surface area contributed by atoms with E-state index < -0.39 is 0 Å². The van der Waals surface area contributed by atoms with Crippen molar-refractivity contribution in [1.82, 2.24) is 14.5 Å². The van der Waals surface area contributed by atoms with Crippen molar-refractivity contribution < 1.29 is 0 Å². The molecule has 0 radical (unpaired) electrons. The standard InChI is InChI=1S/C15H24N4/c1-10(2)19-12-6-7-17-9-11(12)18-14(19)8-13(16)15(3,4)5/h6-7,9-10,13H,8,16H2,1-5H3. The topological polar surface area (TPSA) is 56.7 Å². The van der Waals surface area contributed by atoms with Crippen LogP contribution >= 0.6 is 0 Å². The van der Waals surface area contributed by atoms with Crippen LogP contribution in [0.4, 0.5) is 0 Å². The Morgan fingerprint density at radius 1 is 1.32 bits per heavy atom. The van der Waals surface area contributed by atoms with Gasteiger partial charge in [0.15, 0.2) is 0 Å². The van der Waals surface area contributed by atoms with Gasteiger partial charge in [0.1, 0.15) is 11.3 Å². The summed E-state index contributed by atoms with van der Waals surface area (Å²) in [5, 5.41) is 0. The smallest absolute Gasteiger partial charge is 0.111 e. The zero-order valence-corrected chi connectivity index (χ0v) is 12.5. The number of aromatic nitrogens is 3. The molecule has 1 unspecified atom stereocenters. The molecule has 0 aliphatic rings. The van der Waals surface area contributed by atoms with Gasteiger partial charge in [-0.05, 0) is 25.3 Å². The molecule has 0 aromatic carbocycles. The first-order valence-electron chi connectivity index (χ1n) is 6.87. The van der Waals surface area contributed by atoms with Crippen molar-refractivity contribution in [2.75, 3.05) is 0 Å². The van der Waals surface area contributed by atoms with Gasteiger partial charge >= 0.3 is 0 Å². The molecule has 2 N–H and O–H groups in total. The molecule has 0 bridgehead atoms. The SMILES string of the molecule is CC(C)n1c(CC(N)C(C)(C)C)nc2cnccc21. The molecule has 4 heteroatoms. The number of fused-ring (bicyclic) bond motifs is 1. The van der Waals surface area contributed by atoms with Crippen LogP contribution in [0.2, 0.25) is 0 Å². The summed E-state index contributed by atoms with van der Waals surface area (Å²) in [5.74, 6) is 1.06. The first kappa shape index (κ1) is 14.0. The Balaban J connectivity index is 2.45. The van der Waals surface area contributed by atoms with Crippen molar-refractivity contribution in [3.05, 3.63) is 24.3 Å². The van der Waals surface area contributed by atoms with Crippen molar-refractivity contribution in [2.45, 2.75) is 53.1 Å². The molecule has 0 amide bonds. The molecular formula is C15H24N4. The fourth-order valence-electron chi connectivity index (χ4n) is 2.22. The average Bonchev–Trinajstić information content (AvgIpc) is 2.65. The van der Waals surface area contributed by atoms with Crippen molar-refractivity contribution >= 4 is 11.0 Å². The molecule has 2 aromatic rings. The molecule has 104 valence electrons. The van der Waals surface area contributed by atoms with Crippen molar-refractivity contribution in [2.24, 2.45) is 11.1 Å². The first-order chi connectivity index (χ1) is 8.80. The highest BCUT2D eigenvalue weighted by molar-refractivity contribution is 5.74. The van der Waals surface area contributed by atoms with Crippen LogP contribution < -0.4 is 5.73 Å². The molecule has 0 aliphatic heterocycles.